The van der Waals surface area contributed by atoms with E-state index >= 15 is 0 Å². The van der Waals surface area contributed by atoms with Crippen molar-refractivity contribution in [1.29, 1.82) is 0 Å². The number of aliphatic carboxylic acids is 1. The van der Waals surface area contributed by atoms with Crippen molar-refractivity contribution >= 4 is 17.7 Å². The molecule has 0 aliphatic carbocycles. The Balaban J connectivity index is 2.86. The van der Waals surface area contributed by atoms with E-state index in [1.165, 1.54) is 12.1 Å². The second-order valence-corrected chi connectivity index (χ2v) is 4.09. The van der Waals surface area contributed by atoms with Crippen molar-refractivity contribution in [2.75, 3.05) is 18.0 Å². The van der Waals surface area contributed by atoms with Crippen LogP contribution in [-0.2, 0) is 4.79 Å². The highest BCUT2D eigenvalue weighted by molar-refractivity contribution is 5.96. The number of urea groups is 1. The number of alkyl halides is 3. The van der Waals surface area contributed by atoms with Gasteiger partial charge < -0.3 is 10.4 Å². The van der Waals surface area contributed by atoms with Gasteiger partial charge in [-0.25, -0.2) is 4.79 Å². The molecule has 0 saturated heterocycles. The highest BCUT2D eigenvalue weighted by Gasteiger charge is 2.29. The van der Waals surface area contributed by atoms with Crippen molar-refractivity contribution in [3.05, 3.63) is 29.8 Å². The van der Waals surface area contributed by atoms with Crippen LogP contribution in [0.2, 0.25) is 0 Å². The topological polar surface area (TPSA) is 69.6 Å². The van der Waals surface area contributed by atoms with Gasteiger partial charge in [0, 0.05) is 5.69 Å². The minimum atomic E-state index is -4.56. The van der Waals surface area contributed by atoms with E-state index in [1.54, 1.807) is 24.4 Å². The molecule has 5 nitrogen and oxygen atoms in total. The first-order valence-corrected chi connectivity index (χ1v) is 5.59. The van der Waals surface area contributed by atoms with E-state index in [9.17, 15) is 22.8 Å². The van der Waals surface area contributed by atoms with Gasteiger partial charge in [-0.05, 0) is 19.1 Å². The highest BCUT2D eigenvalue weighted by Crippen LogP contribution is 2.16. The lowest BCUT2D eigenvalue weighted by molar-refractivity contribution is -0.135. The summed E-state index contributed by atoms with van der Waals surface area (Å²) in [5.41, 5.74) is 1.08. The molecule has 0 heterocycles. The fourth-order valence-corrected chi connectivity index (χ4v) is 1.41. The Morgan fingerprint density at radius 3 is 2.25 bits per heavy atom. The largest absolute Gasteiger partial charge is 0.480 e. The van der Waals surface area contributed by atoms with Crippen molar-refractivity contribution in [3.8, 4) is 0 Å². The molecule has 20 heavy (non-hydrogen) atoms. The molecule has 1 aromatic rings. The Hall–Kier alpha value is -2.25. The lowest BCUT2D eigenvalue weighted by atomic mass is 10.2. The Morgan fingerprint density at radius 1 is 1.25 bits per heavy atom. The highest BCUT2D eigenvalue weighted by atomic mass is 19.4. The maximum Gasteiger partial charge on any atom is 0.405 e. The van der Waals surface area contributed by atoms with Crippen LogP contribution in [0.25, 0.3) is 0 Å². The van der Waals surface area contributed by atoms with Crippen LogP contribution in [0.1, 0.15) is 5.56 Å². The molecule has 8 heteroatoms. The third kappa shape index (κ3) is 5.17. The molecular weight excluding hydrogens is 277 g/mol. The lowest BCUT2D eigenvalue weighted by Gasteiger charge is -2.22. The molecule has 0 aromatic heterocycles. The van der Waals surface area contributed by atoms with Crippen molar-refractivity contribution in [3.63, 3.8) is 0 Å². The van der Waals surface area contributed by atoms with Crippen molar-refractivity contribution in [1.82, 2.24) is 5.32 Å². The maximum absolute atomic E-state index is 12.0. The van der Waals surface area contributed by atoms with E-state index in [4.69, 9.17) is 5.11 Å². The van der Waals surface area contributed by atoms with Crippen molar-refractivity contribution in [2.45, 2.75) is 13.1 Å². The first-order valence-electron chi connectivity index (χ1n) is 5.59. The number of carbonyl (C=O) groups is 2. The number of anilines is 1. The number of hydrogen-bond donors (Lipinski definition) is 2. The van der Waals surface area contributed by atoms with Gasteiger partial charge in [-0.2, -0.15) is 13.2 Å². The number of nitrogens with one attached hydrogen (secondary N) is 1. The molecule has 0 radical (unpaired) electrons. The zero-order valence-corrected chi connectivity index (χ0v) is 10.6. The quantitative estimate of drug-likeness (QED) is 0.892. The molecule has 1 rings (SSSR count). The summed E-state index contributed by atoms with van der Waals surface area (Å²) in [5.74, 6) is -1.33. The fourth-order valence-electron chi connectivity index (χ4n) is 1.41. The normalized spacial score (nSPS) is 11.0. The third-order valence-corrected chi connectivity index (χ3v) is 2.32. The number of nitrogens with zero attached hydrogens (tertiary/aromatic N) is 1. The van der Waals surface area contributed by atoms with Gasteiger partial charge in [0.15, 0.2) is 0 Å². The molecule has 0 bridgehead atoms. The Bertz CT molecular complexity index is 486. The van der Waals surface area contributed by atoms with Gasteiger partial charge in [0.2, 0.25) is 0 Å². The van der Waals surface area contributed by atoms with Crippen LogP contribution in [0.5, 0.6) is 0 Å². The monoisotopic (exact) mass is 290 g/mol. The average Bonchev–Trinajstić information content (AvgIpc) is 2.33. The molecule has 0 saturated carbocycles. The summed E-state index contributed by atoms with van der Waals surface area (Å²) in [4.78, 5) is 23.1. The van der Waals surface area contributed by atoms with E-state index in [1.807, 2.05) is 0 Å². The predicted octanol–water partition coefficient (Wildman–Crippen LogP) is 2.16. The van der Waals surface area contributed by atoms with Crippen molar-refractivity contribution in [2.24, 2.45) is 0 Å². The van der Waals surface area contributed by atoms with Gasteiger partial charge in [-0.1, -0.05) is 17.7 Å². The van der Waals surface area contributed by atoms with Crippen LogP contribution < -0.4 is 10.2 Å². The van der Waals surface area contributed by atoms with Gasteiger partial charge in [0.1, 0.15) is 13.1 Å². The van der Waals surface area contributed by atoms with Crippen LogP contribution >= 0.6 is 0 Å². The van der Waals surface area contributed by atoms with E-state index in [2.05, 4.69) is 0 Å². The second kappa shape index (κ2) is 6.27. The van der Waals surface area contributed by atoms with Gasteiger partial charge in [0.25, 0.3) is 0 Å². The number of carbonyl (C=O) groups excluding carboxylic acids is 1. The molecule has 110 valence electrons. The zero-order valence-electron chi connectivity index (χ0n) is 10.6. The molecule has 0 unspecified atom stereocenters. The molecule has 0 fully saturated rings. The van der Waals surface area contributed by atoms with Crippen molar-refractivity contribution < 1.29 is 27.9 Å². The summed E-state index contributed by atoms with van der Waals surface area (Å²) in [6.45, 7) is -0.463. The Kier molecular flexibility index (Phi) is 4.95. The standard InChI is InChI=1S/C12H13F3N2O3/c1-8-2-4-9(5-3-8)17(6-10(18)19)11(20)16-7-12(13,14)15/h2-5H,6-7H2,1H3,(H,16,20)(H,18,19). The van der Waals surface area contributed by atoms with E-state index in [-0.39, 0.29) is 5.69 Å². The molecule has 0 spiro atoms. The third-order valence-electron chi connectivity index (χ3n) is 2.32. The van der Waals surface area contributed by atoms with Crippen LogP contribution in [0, 0.1) is 6.92 Å². The molecular formula is C12H13F3N2O3. The number of carboxylic acid groups (broad SMARTS) is 1. The first-order chi connectivity index (χ1) is 9.19. The minimum Gasteiger partial charge on any atom is -0.480 e. The summed E-state index contributed by atoms with van der Waals surface area (Å²) in [6, 6.07) is 5.06. The SMILES string of the molecule is Cc1ccc(N(CC(=O)O)C(=O)NCC(F)(F)F)cc1. The number of carboxylic acids is 1. The average molecular weight is 290 g/mol. The number of rotatable bonds is 4. The van der Waals surface area contributed by atoms with E-state index in [0.717, 1.165) is 10.5 Å². The van der Waals surface area contributed by atoms with Crippen LogP contribution in [0.3, 0.4) is 0 Å². The number of halogens is 3. The molecule has 2 N–H and O–H groups in total. The van der Waals surface area contributed by atoms with Crippen LogP contribution in [-0.4, -0.2) is 36.4 Å². The molecule has 0 aliphatic heterocycles. The summed E-state index contributed by atoms with van der Waals surface area (Å²) in [7, 11) is 0. The van der Waals surface area contributed by atoms with E-state index < -0.39 is 31.3 Å². The molecule has 0 atom stereocenters. The first kappa shape index (κ1) is 15.8. The van der Waals surface area contributed by atoms with E-state index in [0.29, 0.717) is 0 Å². The molecule has 2 amide bonds. The van der Waals surface area contributed by atoms with Gasteiger partial charge in [-0.3, -0.25) is 9.69 Å². The summed E-state index contributed by atoms with van der Waals surface area (Å²) in [5, 5.41) is 10.4. The minimum absolute atomic E-state index is 0.206. The summed E-state index contributed by atoms with van der Waals surface area (Å²) < 4.78 is 36.1. The zero-order chi connectivity index (χ0) is 15.3. The number of amides is 2. The number of hydrogen-bond acceptors (Lipinski definition) is 2. The molecule has 1 aromatic carbocycles. The second-order valence-electron chi connectivity index (χ2n) is 4.09. The Labute approximate surface area is 113 Å². The van der Waals surface area contributed by atoms with Gasteiger partial charge >= 0.3 is 18.2 Å². The summed E-state index contributed by atoms with van der Waals surface area (Å²) >= 11 is 0. The van der Waals surface area contributed by atoms with Gasteiger partial charge in [-0.15, -0.1) is 0 Å². The van der Waals surface area contributed by atoms with Crippen LogP contribution in [0.15, 0.2) is 24.3 Å². The summed E-state index contributed by atoms with van der Waals surface area (Å²) in [6.07, 6.45) is -4.56. The van der Waals surface area contributed by atoms with Gasteiger partial charge in [0.05, 0.1) is 0 Å². The smallest absolute Gasteiger partial charge is 0.405 e. The predicted molar refractivity (Wildman–Crippen MR) is 65.6 cm³/mol. The van der Waals surface area contributed by atoms with Crippen LogP contribution in [0.4, 0.5) is 23.7 Å². The lowest BCUT2D eigenvalue weighted by Crippen LogP contribution is -2.46. The number of aryl methyl sites for hydroxylation is 1. The fraction of sp³-hybridized carbons (Fsp3) is 0.333. The Morgan fingerprint density at radius 2 is 1.80 bits per heavy atom. The maximum atomic E-state index is 12.0. The molecule has 0 aliphatic rings. The number of benzene rings is 1.